The Morgan fingerprint density at radius 2 is 1.54 bits per heavy atom. The van der Waals surface area contributed by atoms with Crippen LogP contribution < -0.4 is 0 Å². The molecular formula is C22H27Cl2FeN3. The third-order valence-corrected chi connectivity index (χ3v) is 5.02. The molecule has 0 amide bonds. The fourth-order valence-electron chi connectivity index (χ4n) is 3.44. The van der Waals surface area contributed by atoms with Crippen LogP contribution in [0, 0.1) is 19.8 Å². The van der Waals surface area contributed by atoms with E-state index >= 15 is 0 Å². The summed E-state index contributed by atoms with van der Waals surface area (Å²) in [4.78, 5) is 14.1. The summed E-state index contributed by atoms with van der Waals surface area (Å²) in [6.45, 7) is 6.48. The molecule has 1 aliphatic carbocycles. The maximum atomic E-state index is 4.79. The van der Waals surface area contributed by atoms with E-state index in [1.165, 1.54) is 36.8 Å². The first-order valence-electron chi connectivity index (χ1n) is 9.51. The standard InChI is InChI=1S/C22H27N3.2ClH.Fe/c1-16-8-4-5-13-21(16)23-14-19-11-7-12-20(25-19)15-24-22-17(2)9-6-10-18(22)3;;;/h6-7,9-12,14-16,21H,4-5,8,13H2,1-3H3;2*1H;/q;;;+2/p-2. The molecule has 1 fully saturated rings. The molecule has 2 unspecified atom stereocenters. The second kappa shape index (κ2) is 12.4. The SMILES string of the molecule is Cc1cccc(C)c1N=Cc1cccc(C=NC2CCCCC2C)n1.[Cl][Fe][Cl]. The van der Waals surface area contributed by atoms with Crippen LogP contribution in [-0.2, 0) is 13.1 Å². The van der Waals surface area contributed by atoms with Crippen LogP contribution in [0.4, 0.5) is 5.69 Å². The van der Waals surface area contributed by atoms with E-state index < -0.39 is 0 Å². The number of benzene rings is 1. The zero-order valence-corrected chi connectivity index (χ0v) is 19.2. The first-order valence-corrected chi connectivity index (χ1v) is 12.5. The monoisotopic (exact) mass is 459 g/mol. The molecule has 6 heteroatoms. The summed E-state index contributed by atoms with van der Waals surface area (Å²) in [6.07, 6.45) is 8.90. The number of nitrogens with zero attached hydrogens (tertiary/aromatic N) is 3. The molecule has 1 heterocycles. The molecule has 0 aliphatic heterocycles. The van der Waals surface area contributed by atoms with Crippen molar-refractivity contribution in [2.45, 2.75) is 52.5 Å². The average molecular weight is 460 g/mol. The number of aromatic nitrogens is 1. The van der Waals surface area contributed by atoms with E-state index in [0.717, 1.165) is 17.1 Å². The fraction of sp³-hybridized carbons (Fsp3) is 0.409. The van der Waals surface area contributed by atoms with Gasteiger partial charge in [0.15, 0.2) is 0 Å². The van der Waals surface area contributed by atoms with Gasteiger partial charge in [-0.05, 0) is 55.9 Å². The van der Waals surface area contributed by atoms with Crippen molar-refractivity contribution in [2.24, 2.45) is 15.9 Å². The van der Waals surface area contributed by atoms with Crippen molar-refractivity contribution < 1.29 is 13.1 Å². The van der Waals surface area contributed by atoms with Crippen LogP contribution in [0.15, 0.2) is 46.4 Å². The van der Waals surface area contributed by atoms with Crippen LogP contribution in [0.1, 0.15) is 55.1 Å². The molecule has 2 aromatic rings. The molecule has 0 saturated heterocycles. The molecule has 2 atom stereocenters. The number of para-hydroxylation sites is 1. The Kier molecular flexibility index (Phi) is 10.2. The van der Waals surface area contributed by atoms with Crippen LogP contribution in [0.3, 0.4) is 0 Å². The summed E-state index contributed by atoms with van der Waals surface area (Å²) in [6, 6.07) is 12.7. The molecule has 1 saturated carbocycles. The van der Waals surface area contributed by atoms with Crippen LogP contribution >= 0.6 is 20.2 Å². The number of pyridine rings is 1. The number of hydrogen-bond acceptors (Lipinski definition) is 3. The third-order valence-electron chi connectivity index (χ3n) is 5.02. The van der Waals surface area contributed by atoms with E-state index in [4.69, 9.17) is 25.2 Å². The van der Waals surface area contributed by atoms with Gasteiger partial charge in [0, 0.05) is 6.21 Å². The van der Waals surface area contributed by atoms with Gasteiger partial charge in [-0.15, -0.1) is 0 Å². The van der Waals surface area contributed by atoms with Crippen molar-refractivity contribution in [3.63, 3.8) is 0 Å². The minimum atomic E-state index is 0.194. The Morgan fingerprint density at radius 1 is 0.964 bits per heavy atom. The molecule has 152 valence electrons. The van der Waals surface area contributed by atoms with E-state index in [9.17, 15) is 0 Å². The Morgan fingerprint density at radius 3 is 2.18 bits per heavy atom. The van der Waals surface area contributed by atoms with E-state index in [2.05, 4.69) is 48.9 Å². The predicted molar refractivity (Wildman–Crippen MR) is 118 cm³/mol. The normalized spacial score (nSPS) is 19.8. The minimum absolute atomic E-state index is 0.194. The van der Waals surface area contributed by atoms with Gasteiger partial charge >= 0.3 is 33.3 Å². The Bertz CT molecular complexity index is 788. The molecule has 1 aliphatic rings. The summed E-state index contributed by atoms with van der Waals surface area (Å²) in [5, 5.41) is 0. The Labute approximate surface area is 183 Å². The quantitative estimate of drug-likeness (QED) is 0.364. The molecule has 1 aromatic carbocycles. The predicted octanol–water partition coefficient (Wildman–Crippen LogP) is 6.82. The summed E-state index contributed by atoms with van der Waals surface area (Å²) < 4.78 is 0. The van der Waals surface area contributed by atoms with Crippen LogP contribution in [0.25, 0.3) is 0 Å². The molecule has 1 aromatic heterocycles. The van der Waals surface area contributed by atoms with Crippen molar-refractivity contribution >= 4 is 38.3 Å². The number of halogens is 2. The van der Waals surface area contributed by atoms with Crippen molar-refractivity contribution in [1.82, 2.24) is 4.98 Å². The van der Waals surface area contributed by atoms with Gasteiger partial charge in [-0.3, -0.25) is 9.98 Å². The second-order valence-corrected chi connectivity index (χ2v) is 8.97. The molecule has 3 rings (SSSR count). The van der Waals surface area contributed by atoms with E-state index in [-0.39, 0.29) is 13.1 Å². The summed E-state index contributed by atoms with van der Waals surface area (Å²) >= 11 is 0.194. The van der Waals surface area contributed by atoms with Crippen molar-refractivity contribution in [2.75, 3.05) is 0 Å². The summed E-state index contributed by atoms with van der Waals surface area (Å²) in [5.41, 5.74) is 5.16. The number of aliphatic imine (C=N–C) groups is 2. The number of rotatable bonds is 4. The van der Waals surface area contributed by atoms with Crippen LogP contribution in [0.2, 0.25) is 0 Å². The summed E-state index contributed by atoms with van der Waals surface area (Å²) in [5.74, 6) is 0.679. The molecule has 0 spiro atoms. The second-order valence-electron chi connectivity index (χ2n) is 7.14. The van der Waals surface area contributed by atoms with Gasteiger partial charge in [-0.25, -0.2) is 4.98 Å². The first kappa shape index (κ1) is 23.1. The Hall–Kier alpha value is -1.19. The molecule has 0 N–H and O–H groups in total. The molecular weight excluding hydrogens is 433 g/mol. The van der Waals surface area contributed by atoms with Gasteiger partial charge in [0.25, 0.3) is 0 Å². The number of aryl methyl sites for hydroxylation is 2. The first-order chi connectivity index (χ1) is 13.5. The van der Waals surface area contributed by atoms with Gasteiger partial charge < -0.3 is 0 Å². The van der Waals surface area contributed by atoms with Crippen molar-refractivity contribution in [1.29, 1.82) is 0 Å². The zero-order chi connectivity index (χ0) is 20.4. The van der Waals surface area contributed by atoms with E-state index in [1.54, 1.807) is 0 Å². The fourth-order valence-corrected chi connectivity index (χ4v) is 3.44. The van der Waals surface area contributed by atoms with Crippen LogP contribution in [0.5, 0.6) is 0 Å². The van der Waals surface area contributed by atoms with Crippen molar-refractivity contribution in [3.05, 3.63) is 58.9 Å². The topological polar surface area (TPSA) is 37.6 Å². The van der Waals surface area contributed by atoms with Gasteiger partial charge in [0.05, 0.1) is 29.3 Å². The maximum absolute atomic E-state index is 4.79. The van der Waals surface area contributed by atoms with Gasteiger partial charge in [0.2, 0.25) is 0 Å². The third kappa shape index (κ3) is 7.33. The van der Waals surface area contributed by atoms with Crippen molar-refractivity contribution in [3.8, 4) is 0 Å². The molecule has 0 bridgehead atoms. The molecule has 3 nitrogen and oxygen atoms in total. The average Bonchev–Trinajstić information content (AvgIpc) is 2.68. The summed E-state index contributed by atoms with van der Waals surface area (Å²) in [7, 11) is 9.53. The van der Waals surface area contributed by atoms with Gasteiger partial charge in [-0.2, -0.15) is 0 Å². The molecule has 0 radical (unpaired) electrons. The zero-order valence-electron chi connectivity index (χ0n) is 16.6. The Balaban J connectivity index is 0.000000878. The van der Waals surface area contributed by atoms with Gasteiger partial charge in [0.1, 0.15) is 0 Å². The van der Waals surface area contributed by atoms with Gasteiger partial charge in [-0.1, -0.05) is 44.0 Å². The number of hydrogen-bond donors (Lipinski definition) is 0. The van der Waals surface area contributed by atoms with E-state index in [1.807, 2.05) is 30.6 Å². The van der Waals surface area contributed by atoms with Crippen LogP contribution in [-0.4, -0.2) is 23.5 Å². The van der Waals surface area contributed by atoms with E-state index in [0.29, 0.717) is 12.0 Å². The molecule has 28 heavy (non-hydrogen) atoms.